The molecule has 1 N–H and O–H groups in total. The summed E-state index contributed by atoms with van der Waals surface area (Å²) >= 11 is 0. The molecule has 1 fully saturated rings. The largest absolute Gasteiger partial charge is 0.481 e. The van der Waals surface area contributed by atoms with Crippen LogP contribution in [0.4, 0.5) is 0 Å². The third-order valence-electron chi connectivity index (χ3n) is 4.20. The molecule has 1 aromatic carbocycles. The predicted octanol–water partition coefficient (Wildman–Crippen LogP) is 3.53. The number of nitrogens with zero attached hydrogens (tertiary/aromatic N) is 1. The van der Waals surface area contributed by atoms with Gasteiger partial charge in [0.1, 0.15) is 0 Å². The molecule has 1 amide bonds. The summed E-state index contributed by atoms with van der Waals surface area (Å²) < 4.78 is 0. The van der Waals surface area contributed by atoms with E-state index in [0.29, 0.717) is 23.9 Å². The van der Waals surface area contributed by atoms with Gasteiger partial charge in [-0.2, -0.15) is 0 Å². The molecule has 0 aliphatic heterocycles. The van der Waals surface area contributed by atoms with E-state index >= 15 is 0 Å². The molecule has 0 spiro atoms. The number of hydrogen-bond donors (Lipinski definition) is 1. The summed E-state index contributed by atoms with van der Waals surface area (Å²) in [7, 11) is 0. The van der Waals surface area contributed by atoms with E-state index in [-0.39, 0.29) is 18.9 Å². The quantitative estimate of drug-likeness (QED) is 0.838. The van der Waals surface area contributed by atoms with E-state index in [2.05, 4.69) is 0 Å². The van der Waals surface area contributed by atoms with E-state index in [1.807, 2.05) is 38.1 Å². The van der Waals surface area contributed by atoms with Crippen LogP contribution in [0.25, 0.3) is 0 Å². The topological polar surface area (TPSA) is 57.6 Å². The van der Waals surface area contributed by atoms with Crippen molar-refractivity contribution < 1.29 is 14.7 Å². The van der Waals surface area contributed by atoms with Gasteiger partial charge >= 0.3 is 5.97 Å². The number of benzene rings is 1. The first-order chi connectivity index (χ1) is 10.5. The second kappa shape index (κ2) is 7.43. The molecule has 0 atom stereocenters. The van der Waals surface area contributed by atoms with E-state index < -0.39 is 5.97 Å². The van der Waals surface area contributed by atoms with Crippen molar-refractivity contribution in [2.75, 3.05) is 13.1 Å². The number of amides is 1. The Labute approximate surface area is 132 Å². The Balaban J connectivity index is 2.05. The molecule has 4 nitrogen and oxygen atoms in total. The van der Waals surface area contributed by atoms with Crippen molar-refractivity contribution >= 4 is 11.9 Å². The molecule has 0 heterocycles. The lowest BCUT2D eigenvalue weighted by atomic mass is 9.80. The van der Waals surface area contributed by atoms with Gasteiger partial charge in [0.15, 0.2) is 0 Å². The molecule has 4 heteroatoms. The third-order valence-corrected chi connectivity index (χ3v) is 4.20. The van der Waals surface area contributed by atoms with Gasteiger partial charge in [0, 0.05) is 18.7 Å². The maximum atomic E-state index is 12.6. The van der Waals surface area contributed by atoms with Gasteiger partial charge in [-0.3, -0.25) is 9.59 Å². The van der Waals surface area contributed by atoms with Crippen molar-refractivity contribution in [1.29, 1.82) is 0 Å². The number of carbonyl (C=O) groups excluding carboxylic acids is 1. The Morgan fingerprint density at radius 1 is 1.23 bits per heavy atom. The van der Waals surface area contributed by atoms with Gasteiger partial charge in [-0.15, -0.1) is 0 Å². The maximum Gasteiger partial charge on any atom is 0.305 e. The van der Waals surface area contributed by atoms with Gasteiger partial charge in [0.05, 0.1) is 6.42 Å². The number of aliphatic carboxylic acids is 1. The Kier molecular flexibility index (Phi) is 5.58. The fraction of sp³-hybridized carbons (Fsp3) is 0.556. The molecule has 1 aliphatic carbocycles. The van der Waals surface area contributed by atoms with Crippen LogP contribution < -0.4 is 0 Å². The summed E-state index contributed by atoms with van der Waals surface area (Å²) in [6, 6.07) is 7.85. The second-order valence-corrected chi connectivity index (χ2v) is 6.54. The number of carboxylic acids is 1. The van der Waals surface area contributed by atoms with Crippen LogP contribution in [-0.4, -0.2) is 35.0 Å². The highest BCUT2D eigenvalue weighted by molar-refractivity contribution is 5.94. The Bertz CT molecular complexity index is 518. The molecule has 1 saturated carbocycles. The third kappa shape index (κ3) is 4.33. The van der Waals surface area contributed by atoms with Crippen molar-refractivity contribution in [2.24, 2.45) is 5.92 Å². The van der Waals surface area contributed by atoms with Crippen LogP contribution in [0, 0.1) is 5.92 Å². The van der Waals surface area contributed by atoms with Gasteiger partial charge in [-0.1, -0.05) is 32.4 Å². The fourth-order valence-corrected chi connectivity index (χ4v) is 2.77. The molecule has 0 unspecified atom stereocenters. The first-order valence-electron chi connectivity index (χ1n) is 8.08. The zero-order chi connectivity index (χ0) is 16.1. The molecule has 22 heavy (non-hydrogen) atoms. The van der Waals surface area contributed by atoms with E-state index in [1.165, 1.54) is 24.8 Å². The molecule has 120 valence electrons. The molecule has 1 aromatic rings. The standard InChI is InChI=1S/C18H25NO3/c1-13(2)12-19(11-10-17(20)21)18(22)16-8-6-15(7-9-16)14-4-3-5-14/h6-9,13-14H,3-5,10-12H2,1-2H3,(H,20,21). The van der Waals surface area contributed by atoms with Crippen LogP contribution in [0.2, 0.25) is 0 Å². The lowest BCUT2D eigenvalue weighted by Crippen LogP contribution is -2.36. The number of hydrogen-bond acceptors (Lipinski definition) is 2. The van der Waals surface area contributed by atoms with Crippen molar-refractivity contribution in [3.05, 3.63) is 35.4 Å². The Morgan fingerprint density at radius 3 is 2.32 bits per heavy atom. The zero-order valence-corrected chi connectivity index (χ0v) is 13.4. The number of rotatable bonds is 7. The van der Waals surface area contributed by atoms with Gasteiger partial charge in [-0.25, -0.2) is 0 Å². The van der Waals surface area contributed by atoms with Crippen molar-refractivity contribution in [1.82, 2.24) is 4.90 Å². The van der Waals surface area contributed by atoms with Crippen molar-refractivity contribution in [3.8, 4) is 0 Å². The summed E-state index contributed by atoms with van der Waals surface area (Å²) in [5.41, 5.74) is 1.96. The molecule has 0 bridgehead atoms. The summed E-state index contributed by atoms with van der Waals surface area (Å²) in [6.45, 7) is 4.90. The lowest BCUT2D eigenvalue weighted by molar-refractivity contribution is -0.137. The highest BCUT2D eigenvalue weighted by Gasteiger charge is 2.21. The monoisotopic (exact) mass is 303 g/mol. The van der Waals surface area contributed by atoms with Crippen LogP contribution in [0.1, 0.15) is 61.4 Å². The Morgan fingerprint density at radius 2 is 1.86 bits per heavy atom. The fourth-order valence-electron chi connectivity index (χ4n) is 2.77. The smallest absolute Gasteiger partial charge is 0.305 e. The second-order valence-electron chi connectivity index (χ2n) is 6.54. The minimum atomic E-state index is -0.873. The Hall–Kier alpha value is -1.84. The first-order valence-corrected chi connectivity index (χ1v) is 8.08. The number of carboxylic acid groups (broad SMARTS) is 1. The summed E-state index contributed by atoms with van der Waals surface area (Å²) in [4.78, 5) is 25.0. The van der Waals surface area contributed by atoms with Crippen LogP contribution in [0.5, 0.6) is 0 Å². The minimum absolute atomic E-state index is 0.0153. The lowest BCUT2D eigenvalue weighted by Gasteiger charge is -2.27. The van der Waals surface area contributed by atoms with E-state index in [9.17, 15) is 9.59 Å². The van der Waals surface area contributed by atoms with Crippen LogP contribution >= 0.6 is 0 Å². The average molecular weight is 303 g/mol. The predicted molar refractivity (Wildman–Crippen MR) is 86.0 cm³/mol. The van der Waals surface area contributed by atoms with E-state index in [0.717, 1.165) is 0 Å². The van der Waals surface area contributed by atoms with Crippen molar-refractivity contribution in [2.45, 2.75) is 45.4 Å². The SMILES string of the molecule is CC(C)CN(CCC(=O)O)C(=O)c1ccc(C2CCC2)cc1. The summed E-state index contributed by atoms with van der Waals surface area (Å²) in [5.74, 6) is 0.0203. The normalized spacial score (nSPS) is 14.7. The van der Waals surface area contributed by atoms with Crippen LogP contribution in [0.15, 0.2) is 24.3 Å². The molecular formula is C18H25NO3. The van der Waals surface area contributed by atoms with Crippen molar-refractivity contribution in [3.63, 3.8) is 0 Å². The molecular weight excluding hydrogens is 278 g/mol. The minimum Gasteiger partial charge on any atom is -0.481 e. The molecule has 0 saturated heterocycles. The first kappa shape index (κ1) is 16.5. The highest BCUT2D eigenvalue weighted by Crippen LogP contribution is 2.36. The van der Waals surface area contributed by atoms with Gasteiger partial charge < -0.3 is 10.0 Å². The van der Waals surface area contributed by atoms with Crippen LogP contribution in [-0.2, 0) is 4.79 Å². The van der Waals surface area contributed by atoms with E-state index in [4.69, 9.17) is 5.11 Å². The molecule has 0 radical (unpaired) electrons. The average Bonchev–Trinajstić information content (AvgIpc) is 2.41. The van der Waals surface area contributed by atoms with Crippen LogP contribution in [0.3, 0.4) is 0 Å². The van der Waals surface area contributed by atoms with Gasteiger partial charge in [-0.05, 0) is 42.4 Å². The highest BCUT2D eigenvalue weighted by atomic mass is 16.4. The van der Waals surface area contributed by atoms with Gasteiger partial charge in [0.2, 0.25) is 0 Å². The molecule has 1 aliphatic rings. The summed E-state index contributed by atoms with van der Waals surface area (Å²) in [5, 5.41) is 8.84. The summed E-state index contributed by atoms with van der Waals surface area (Å²) in [6.07, 6.45) is 3.76. The van der Waals surface area contributed by atoms with E-state index in [1.54, 1.807) is 4.90 Å². The molecule has 0 aromatic heterocycles. The number of carbonyl (C=O) groups is 2. The zero-order valence-electron chi connectivity index (χ0n) is 13.4. The molecule has 2 rings (SSSR count). The maximum absolute atomic E-state index is 12.6. The van der Waals surface area contributed by atoms with Gasteiger partial charge in [0.25, 0.3) is 5.91 Å².